The Labute approximate surface area is 104 Å². The quantitative estimate of drug-likeness (QED) is 0.753. The molecular formula is C11H13ClN2O3. The fourth-order valence-corrected chi connectivity index (χ4v) is 1.52. The summed E-state index contributed by atoms with van der Waals surface area (Å²) >= 11 is 5.72. The Morgan fingerprint density at radius 1 is 1.65 bits per heavy atom. The zero-order valence-electron chi connectivity index (χ0n) is 9.14. The minimum Gasteiger partial charge on any atom is -0.478 e. The topological polar surface area (TPSA) is 73.7 Å². The highest BCUT2D eigenvalue weighted by Crippen LogP contribution is 2.20. The number of anilines is 1. The van der Waals surface area contributed by atoms with E-state index in [4.69, 9.17) is 21.8 Å². The van der Waals surface area contributed by atoms with E-state index in [2.05, 4.69) is 11.6 Å². The van der Waals surface area contributed by atoms with Crippen LogP contribution in [0.4, 0.5) is 5.82 Å². The fourth-order valence-electron chi connectivity index (χ4n) is 1.34. The molecule has 92 valence electrons. The van der Waals surface area contributed by atoms with Crippen LogP contribution in [-0.2, 0) is 0 Å². The van der Waals surface area contributed by atoms with Crippen molar-refractivity contribution >= 4 is 23.4 Å². The van der Waals surface area contributed by atoms with Crippen LogP contribution in [0.5, 0.6) is 0 Å². The molecule has 0 radical (unpaired) electrons. The summed E-state index contributed by atoms with van der Waals surface area (Å²) in [5.74, 6) is -0.665. The summed E-state index contributed by atoms with van der Waals surface area (Å²) in [6.07, 6.45) is 2.93. The smallest absolute Gasteiger partial charge is 0.337 e. The molecule has 0 aliphatic carbocycles. The molecule has 17 heavy (non-hydrogen) atoms. The number of carboxylic acids is 1. The number of rotatable bonds is 6. The van der Waals surface area contributed by atoms with Crippen molar-refractivity contribution in [2.24, 2.45) is 0 Å². The minimum atomic E-state index is -1.11. The molecule has 1 aromatic heterocycles. The van der Waals surface area contributed by atoms with Crippen molar-refractivity contribution in [2.45, 2.75) is 0 Å². The molecule has 1 rings (SSSR count). The SMILES string of the molecule is C=CCN(CCO)c1cc(C(=O)O)c(Cl)cn1. The van der Waals surface area contributed by atoms with Crippen LogP contribution < -0.4 is 4.90 Å². The average Bonchev–Trinajstić information content (AvgIpc) is 2.29. The summed E-state index contributed by atoms with van der Waals surface area (Å²) in [4.78, 5) is 16.6. The average molecular weight is 257 g/mol. The molecule has 2 N–H and O–H groups in total. The van der Waals surface area contributed by atoms with Gasteiger partial charge in [-0.1, -0.05) is 17.7 Å². The van der Waals surface area contributed by atoms with Gasteiger partial charge in [0.25, 0.3) is 0 Å². The monoisotopic (exact) mass is 256 g/mol. The van der Waals surface area contributed by atoms with E-state index in [1.54, 1.807) is 11.0 Å². The van der Waals surface area contributed by atoms with E-state index >= 15 is 0 Å². The summed E-state index contributed by atoms with van der Waals surface area (Å²) in [5.41, 5.74) is -0.0105. The normalized spacial score (nSPS) is 10.0. The molecule has 6 heteroatoms. The van der Waals surface area contributed by atoms with Crippen molar-refractivity contribution in [3.63, 3.8) is 0 Å². The lowest BCUT2D eigenvalue weighted by molar-refractivity contribution is 0.0697. The number of aromatic carboxylic acids is 1. The van der Waals surface area contributed by atoms with Gasteiger partial charge in [-0.2, -0.15) is 0 Å². The molecule has 0 fully saturated rings. The summed E-state index contributed by atoms with van der Waals surface area (Å²) in [6, 6.07) is 1.38. The van der Waals surface area contributed by atoms with Gasteiger partial charge in [0.15, 0.2) is 0 Å². The van der Waals surface area contributed by atoms with Crippen molar-refractivity contribution in [2.75, 3.05) is 24.6 Å². The first-order valence-electron chi connectivity index (χ1n) is 4.95. The van der Waals surface area contributed by atoms with Crippen molar-refractivity contribution < 1.29 is 15.0 Å². The molecule has 0 aliphatic heterocycles. The molecule has 5 nitrogen and oxygen atoms in total. The molecule has 0 bridgehead atoms. The predicted octanol–water partition coefficient (Wildman–Crippen LogP) is 1.42. The molecular weight excluding hydrogens is 244 g/mol. The van der Waals surface area contributed by atoms with E-state index in [1.807, 2.05) is 0 Å². The van der Waals surface area contributed by atoms with Crippen LogP contribution in [0.25, 0.3) is 0 Å². The third-order valence-electron chi connectivity index (χ3n) is 2.11. The number of aliphatic hydroxyl groups excluding tert-OH is 1. The van der Waals surface area contributed by atoms with Gasteiger partial charge in [-0.3, -0.25) is 0 Å². The second kappa shape index (κ2) is 6.22. The minimum absolute atomic E-state index is 0.0105. The van der Waals surface area contributed by atoms with Crippen LogP contribution in [0.2, 0.25) is 5.02 Å². The van der Waals surface area contributed by atoms with Crippen molar-refractivity contribution in [3.8, 4) is 0 Å². The Kier molecular flexibility index (Phi) is 4.93. The van der Waals surface area contributed by atoms with Gasteiger partial charge < -0.3 is 15.1 Å². The molecule has 0 atom stereocenters. The molecule has 0 saturated carbocycles. The van der Waals surface area contributed by atoms with Gasteiger partial charge in [-0.15, -0.1) is 6.58 Å². The molecule has 1 heterocycles. The fraction of sp³-hybridized carbons (Fsp3) is 0.273. The number of carboxylic acid groups (broad SMARTS) is 1. The maximum absolute atomic E-state index is 10.9. The van der Waals surface area contributed by atoms with Crippen LogP contribution in [-0.4, -0.2) is 40.9 Å². The van der Waals surface area contributed by atoms with Gasteiger partial charge >= 0.3 is 5.97 Å². The number of pyridine rings is 1. The second-order valence-corrected chi connectivity index (χ2v) is 3.69. The lowest BCUT2D eigenvalue weighted by atomic mass is 10.2. The Morgan fingerprint density at radius 3 is 2.88 bits per heavy atom. The summed E-state index contributed by atoms with van der Waals surface area (Å²) in [7, 11) is 0. The molecule has 0 amide bonds. The van der Waals surface area contributed by atoms with E-state index in [-0.39, 0.29) is 17.2 Å². The van der Waals surface area contributed by atoms with E-state index < -0.39 is 5.97 Å². The molecule has 0 aliphatic rings. The predicted molar refractivity (Wildman–Crippen MR) is 65.7 cm³/mol. The van der Waals surface area contributed by atoms with E-state index in [0.29, 0.717) is 18.9 Å². The van der Waals surface area contributed by atoms with Gasteiger partial charge in [0.2, 0.25) is 0 Å². The zero-order valence-corrected chi connectivity index (χ0v) is 9.89. The van der Waals surface area contributed by atoms with Crippen LogP contribution >= 0.6 is 11.6 Å². The highest BCUT2D eigenvalue weighted by molar-refractivity contribution is 6.33. The first-order valence-corrected chi connectivity index (χ1v) is 5.33. The largest absolute Gasteiger partial charge is 0.478 e. The molecule has 1 aromatic rings. The molecule has 0 aromatic carbocycles. The zero-order chi connectivity index (χ0) is 12.8. The number of nitrogens with zero attached hydrogens (tertiary/aromatic N) is 2. The highest BCUT2D eigenvalue weighted by Gasteiger charge is 2.13. The first-order chi connectivity index (χ1) is 8.10. The molecule has 0 spiro atoms. The summed E-state index contributed by atoms with van der Waals surface area (Å²) in [6.45, 7) is 4.35. The Morgan fingerprint density at radius 2 is 2.35 bits per heavy atom. The summed E-state index contributed by atoms with van der Waals surface area (Å²) < 4.78 is 0. The van der Waals surface area contributed by atoms with E-state index in [0.717, 1.165) is 0 Å². The Hall–Kier alpha value is -1.59. The number of aliphatic hydroxyl groups is 1. The standard InChI is InChI=1S/C11H13ClN2O3/c1-2-3-14(4-5-15)10-6-8(11(16)17)9(12)7-13-10/h2,6-7,15H,1,3-5H2,(H,16,17). The molecule has 0 unspecified atom stereocenters. The van der Waals surface area contributed by atoms with Crippen LogP contribution in [0.3, 0.4) is 0 Å². The third-order valence-corrected chi connectivity index (χ3v) is 2.42. The van der Waals surface area contributed by atoms with Gasteiger partial charge in [-0.25, -0.2) is 9.78 Å². The van der Waals surface area contributed by atoms with Crippen molar-refractivity contribution in [1.82, 2.24) is 4.98 Å². The highest BCUT2D eigenvalue weighted by atomic mass is 35.5. The van der Waals surface area contributed by atoms with Gasteiger partial charge in [0.05, 0.1) is 17.2 Å². The van der Waals surface area contributed by atoms with Crippen molar-refractivity contribution in [1.29, 1.82) is 0 Å². The lowest BCUT2D eigenvalue weighted by Crippen LogP contribution is -2.27. The molecule has 0 saturated heterocycles. The maximum Gasteiger partial charge on any atom is 0.337 e. The Balaban J connectivity index is 3.07. The number of carbonyl (C=O) groups is 1. The third kappa shape index (κ3) is 3.44. The number of halogens is 1. The van der Waals surface area contributed by atoms with Gasteiger partial charge in [0, 0.05) is 19.3 Å². The number of hydrogen-bond acceptors (Lipinski definition) is 4. The van der Waals surface area contributed by atoms with Gasteiger partial charge in [0.1, 0.15) is 5.82 Å². The van der Waals surface area contributed by atoms with Crippen LogP contribution in [0, 0.1) is 0 Å². The lowest BCUT2D eigenvalue weighted by Gasteiger charge is -2.21. The van der Waals surface area contributed by atoms with Crippen LogP contribution in [0.15, 0.2) is 24.9 Å². The maximum atomic E-state index is 10.9. The van der Waals surface area contributed by atoms with Crippen molar-refractivity contribution in [3.05, 3.63) is 35.5 Å². The second-order valence-electron chi connectivity index (χ2n) is 3.29. The first kappa shape index (κ1) is 13.5. The van der Waals surface area contributed by atoms with E-state index in [9.17, 15) is 4.79 Å². The van der Waals surface area contributed by atoms with E-state index in [1.165, 1.54) is 12.3 Å². The number of hydrogen-bond donors (Lipinski definition) is 2. The number of aromatic nitrogens is 1. The summed E-state index contributed by atoms with van der Waals surface area (Å²) in [5, 5.41) is 17.9. The van der Waals surface area contributed by atoms with Gasteiger partial charge in [-0.05, 0) is 6.07 Å². The Bertz CT molecular complexity index is 423. The van der Waals surface area contributed by atoms with Crippen LogP contribution in [0.1, 0.15) is 10.4 Å².